The lowest BCUT2D eigenvalue weighted by atomic mass is 10.1. The lowest BCUT2D eigenvalue weighted by molar-refractivity contribution is -0.138. The zero-order valence-electron chi connectivity index (χ0n) is 22.1. The predicted octanol–water partition coefficient (Wildman–Crippen LogP) is 4.89. The Kier molecular flexibility index (Phi) is 10.4. The number of methoxy groups -OCH3 is 2. The summed E-state index contributed by atoms with van der Waals surface area (Å²) in [6, 6.07) is 12.0. The summed E-state index contributed by atoms with van der Waals surface area (Å²) in [5, 5.41) is 5.73. The molecule has 0 saturated heterocycles. The van der Waals surface area contributed by atoms with Gasteiger partial charge in [-0.2, -0.15) is 0 Å². The van der Waals surface area contributed by atoms with Crippen LogP contribution in [0.2, 0.25) is 13.1 Å². The Morgan fingerprint density at radius 1 is 1.09 bits per heavy atom. The number of aryl methyl sites for hydroxylation is 2. The molecule has 0 aliphatic carbocycles. The van der Waals surface area contributed by atoms with Crippen molar-refractivity contribution < 1.29 is 28.6 Å². The first kappa shape index (κ1) is 28.0. The molecule has 0 saturated carbocycles. The van der Waals surface area contributed by atoms with Crippen molar-refractivity contribution in [3.8, 4) is 11.5 Å². The van der Waals surface area contributed by atoms with Gasteiger partial charge in [0, 0.05) is 5.56 Å². The Morgan fingerprint density at radius 2 is 1.83 bits per heavy atom. The van der Waals surface area contributed by atoms with E-state index >= 15 is 0 Å². The first-order valence-electron chi connectivity index (χ1n) is 11.7. The van der Waals surface area contributed by atoms with Gasteiger partial charge in [0.2, 0.25) is 5.76 Å². The van der Waals surface area contributed by atoms with Gasteiger partial charge in [-0.15, -0.1) is 0 Å². The second kappa shape index (κ2) is 13.0. The number of nitrogens with zero attached hydrogens (tertiary/aromatic N) is 1. The lowest BCUT2D eigenvalue weighted by Gasteiger charge is -2.24. The number of hydrogen-bond donors (Lipinski definition) is 0. The van der Waals surface area contributed by atoms with Gasteiger partial charge in [0.15, 0.2) is 0 Å². The van der Waals surface area contributed by atoms with E-state index in [4.69, 9.17) is 23.8 Å². The number of carbonyl (C=O) groups is 1. The van der Waals surface area contributed by atoms with E-state index in [9.17, 15) is 4.79 Å². The minimum absolute atomic E-state index is 0.0454. The number of ether oxygens (including phenoxy) is 4. The number of benzene rings is 2. The third-order valence-corrected chi connectivity index (χ3v) is 8.36. The molecule has 190 valence electrons. The van der Waals surface area contributed by atoms with Gasteiger partial charge < -0.3 is 23.8 Å². The van der Waals surface area contributed by atoms with E-state index in [0.717, 1.165) is 23.3 Å². The standard InChI is InChI=1S/C27H37NO6Si/c1-9-21-15-23(32-10-2)13-14-26(21)35(7,8)18-33-28-20(4)22-12-11-19(3)24(16-22)34-25(17-30-5)27(29)31-6/h11-17H,9-10,18H2,1-8H3. The summed E-state index contributed by atoms with van der Waals surface area (Å²) in [6.07, 6.45) is 2.69. The van der Waals surface area contributed by atoms with Crippen LogP contribution in [0.4, 0.5) is 0 Å². The van der Waals surface area contributed by atoms with Gasteiger partial charge in [-0.3, -0.25) is 0 Å². The van der Waals surface area contributed by atoms with Crippen LogP contribution in [-0.2, 0) is 25.5 Å². The van der Waals surface area contributed by atoms with Crippen LogP contribution in [0.15, 0.2) is 53.6 Å². The lowest BCUT2D eigenvalue weighted by Crippen LogP contribution is -2.47. The zero-order valence-corrected chi connectivity index (χ0v) is 23.1. The molecule has 0 heterocycles. The summed E-state index contributed by atoms with van der Waals surface area (Å²) in [5.41, 5.74) is 3.67. The maximum Gasteiger partial charge on any atom is 0.377 e. The fourth-order valence-electron chi connectivity index (χ4n) is 3.58. The summed E-state index contributed by atoms with van der Waals surface area (Å²) < 4.78 is 21.1. The van der Waals surface area contributed by atoms with Crippen LogP contribution in [0, 0.1) is 6.92 Å². The second-order valence-electron chi connectivity index (χ2n) is 8.73. The minimum Gasteiger partial charge on any atom is -0.500 e. The van der Waals surface area contributed by atoms with Crippen LogP contribution in [0.3, 0.4) is 0 Å². The summed E-state index contributed by atoms with van der Waals surface area (Å²) in [5.74, 6) is 0.734. The molecule has 2 aromatic carbocycles. The van der Waals surface area contributed by atoms with Crippen molar-refractivity contribution in [1.82, 2.24) is 0 Å². The maximum atomic E-state index is 11.9. The van der Waals surface area contributed by atoms with E-state index in [2.05, 4.69) is 37.3 Å². The summed E-state index contributed by atoms with van der Waals surface area (Å²) in [6.45, 7) is 13.1. The Labute approximate surface area is 209 Å². The van der Waals surface area contributed by atoms with Crippen molar-refractivity contribution in [3.05, 3.63) is 65.1 Å². The number of oxime groups is 1. The van der Waals surface area contributed by atoms with Crippen molar-refractivity contribution in [2.24, 2.45) is 5.16 Å². The van der Waals surface area contributed by atoms with Gasteiger partial charge in [0.05, 0.1) is 26.5 Å². The number of esters is 1. The van der Waals surface area contributed by atoms with Crippen LogP contribution >= 0.6 is 0 Å². The van der Waals surface area contributed by atoms with Gasteiger partial charge in [-0.25, -0.2) is 4.79 Å². The summed E-state index contributed by atoms with van der Waals surface area (Å²) in [7, 11) is 0.813. The molecule has 0 N–H and O–H groups in total. The van der Waals surface area contributed by atoms with E-state index in [1.165, 1.54) is 31.2 Å². The predicted molar refractivity (Wildman–Crippen MR) is 141 cm³/mol. The third-order valence-electron chi connectivity index (χ3n) is 5.56. The molecule has 0 fully saturated rings. The van der Waals surface area contributed by atoms with Crippen LogP contribution < -0.4 is 14.7 Å². The second-order valence-corrected chi connectivity index (χ2v) is 13.3. The molecule has 0 atom stereocenters. The van der Waals surface area contributed by atoms with Gasteiger partial charge in [0.25, 0.3) is 0 Å². The van der Waals surface area contributed by atoms with E-state index in [1.807, 2.05) is 45.0 Å². The quantitative estimate of drug-likeness (QED) is 0.103. The SMILES string of the molecule is CCOc1ccc([Si](C)(C)CON=C(C)c2ccc(C)c(OC(=COC)C(=O)OC)c2)c(CC)c1. The molecular formula is C27H37NO6Si. The molecule has 2 aromatic rings. The average molecular weight is 500 g/mol. The molecule has 2 rings (SSSR count). The van der Waals surface area contributed by atoms with E-state index < -0.39 is 14.0 Å². The van der Waals surface area contributed by atoms with Crippen molar-refractivity contribution >= 4 is 24.9 Å². The molecule has 0 aliphatic rings. The molecule has 0 radical (unpaired) electrons. The highest BCUT2D eigenvalue weighted by molar-refractivity contribution is 6.90. The Hall–Kier alpha value is -3.26. The van der Waals surface area contributed by atoms with Crippen molar-refractivity contribution in [1.29, 1.82) is 0 Å². The number of carbonyl (C=O) groups excluding carboxylic acids is 1. The monoisotopic (exact) mass is 499 g/mol. The molecule has 0 bridgehead atoms. The first-order chi connectivity index (χ1) is 16.7. The third kappa shape index (κ3) is 7.61. The molecule has 35 heavy (non-hydrogen) atoms. The van der Waals surface area contributed by atoms with E-state index in [-0.39, 0.29) is 5.76 Å². The Bertz CT molecular complexity index is 1080. The molecule has 0 unspecified atom stereocenters. The Balaban J connectivity index is 2.18. The highest BCUT2D eigenvalue weighted by Crippen LogP contribution is 2.23. The van der Waals surface area contributed by atoms with Crippen LogP contribution in [0.5, 0.6) is 11.5 Å². The molecule has 8 heteroatoms. The van der Waals surface area contributed by atoms with Crippen molar-refractivity contribution in [3.63, 3.8) is 0 Å². The fourth-order valence-corrected chi connectivity index (χ4v) is 5.77. The smallest absolute Gasteiger partial charge is 0.377 e. The molecular weight excluding hydrogens is 462 g/mol. The molecule has 0 spiro atoms. The number of hydrogen-bond acceptors (Lipinski definition) is 7. The number of rotatable bonds is 12. The largest absolute Gasteiger partial charge is 0.500 e. The Morgan fingerprint density at radius 3 is 2.46 bits per heavy atom. The van der Waals surface area contributed by atoms with E-state index in [1.54, 1.807) is 0 Å². The summed E-state index contributed by atoms with van der Waals surface area (Å²) in [4.78, 5) is 17.8. The van der Waals surface area contributed by atoms with Crippen molar-refractivity contribution in [2.75, 3.05) is 27.1 Å². The maximum absolute atomic E-state index is 11.9. The van der Waals surface area contributed by atoms with Crippen LogP contribution in [0.25, 0.3) is 0 Å². The zero-order chi connectivity index (χ0) is 26.0. The first-order valence-corrected chi connectivity index (χ1v) is 14.9. The fraction of sp³-hybridized carbons (Fsp3) is 0.407. The average Bonchev–Trinajstić information content (AvgIpc) is 2.84. The topological polar surface area (TPSA) is 75.6 Å². The molecule has 7 nitrogen and oxygen atoms in total. The van der Waals surface area contributed by atoms with Crippen LogP contribution in [0.1, 0.15) is 37.5 Å². The highest BCUT2D eigenvalue weighted by atomic mass is 28.3. The normalized spacial score (nSPS) is 12.2. The van der Waals surface area contributed by atoms with Crippen molar-refractivity contribution in [2.45, 2.75) is 47.2 Å². The van der Waals surface area contributed by atoms with Crippen LogP contribution in [-0.4, -0.2) is 46.8 Å². The summed E-state index contributed by atoms with van der Waals surface area (Å²) >= 11 is 0. The van der Waals surface area contributed by atoms with Gasteiger partial charge in [0.1, 0.15) is 32.1 Å². The van der Waals surface area contributed by atoms with E-state index in [0.29, 0.717) is 24.3 Å². The highest BCUT2D eigenvalue weighted by Gasteiger charge is 2.27. The van der Waals surface area contributed by atoms with Gasteiger partial charge >= 0.3 is 5.97 Å². The molecule has 0 aromatic heterocycles. The van der Waals surface area contributed by atoms with Gasteiger partial charge in [-0.1, -0.05) is 48.6 Å². The minimum atomic E-state index is -1.91. The van der Waals surface area contributed by atoms with Gasteiger partial charge in [-0.05, 0) is 56.5 Å². The molecule has 0 amide bonds. The molecule has 0 aliphatic heterocycles.